The molecular weight excluding hydrogens is 316 g/mol. The molecule has 1 saturated heterocycles. The summed E-state index contributed by atoms with van der Waals surface area (Å²) in [5.41, 5.74) is 0. The Balaban J connectivity index is 1.27. The van der Waals surface area contributed by atoms with Crippen molar-refractivity contribution in [3.63, 3.8) is 0 Å². The molecule has 5 heteroatoms. The summed E-state index contributed by atoms with van der Waals surface area (Å²) in [6.45, 7) is -0.0874. The smallest absolute Gasteiger partial charge is 0.240 e. The maximum Gasteiger partial charge on any atom is 0.240 e. The first-order valence-corrected chi connectivity index (χ1v) is 9.98. The van der Waals surface area contributed by atoms with E-state index in [4.69, 9.17) is 0 Å². The van der Waals surface area contributed by atoms with E-state index in [0.29, 0.717) is 11.8 Å². The fraction of sp³-hybridized carbons (Fsp3) is 0.750. The van der Waals surface area contributed by atoms with Crippen LogP contribution in [0.1, 0.15) is 44.9 Å². The SMILES string of the molecule is O=C(CN1C(=O)[C@H]2[C@@H]3C=C[C@@H]([C@H]4C[C@H]34)[C@@H]2C1=O)NC1CCCCCC1. The summed E-state index contributed by atoms with van der Waals surface area (Å²) in [5.74, 6) is 0.899. The molecule has 0 aromatic heterocycles. The van der Waals surface area contributed by atoms with Gasteiger partial charge in [0, 0.05) is 6.04 Å². The van der Waals surface area contributed by atoms with Gasteiger partial charge in [-0.1, -0.05) is 37.8 Å². The molecule has 4 fully saturated rings. The zero-order chi connectivity index (χ0) is 17.1. The Bertz CT molecular complexity index is 613. The highest BCUT2D eigenvalue weighted by Crippen LogP contribution is 2.65. The summed E-state index contributed by atoms with van der Waals surface area (Å²) in [4.78, 5) is 39.5. The minimum Gasteiger partial charge on any atom is -0.352 e. The third-order valence-corrected chi connectivity index (χ3v) is 7.28. The molecule has 6 atom stereocenters. The van der Waals surface area contributed by atoms with Gasteiger partial charge in [0.1, 0.15) is 6.54 Å². The van der Waals surface area contributed by atoms with Gasteiger partial charge < -0.3 is 5.32 Å². The van der Waals surface area contributed by atoms with Crippen LogP contribution in [0.15, 0.2) is 12.2 Å². The summed E-state index contributed by atoms with van der Waals surface area (Å²) >= 11 is 0. The molecule has 1 aliphatic heterocycles. The molecular formula is C20H26N2O3. The monoisotopic (exact) mass is 342 g/mol. The number of nitrogens with one attached hydrogen (secondary N) is 1. The van der Waals surface area contributed by atoms with Gasteiger partial charge in [0.15, 0.2) is 0 Å². The van der Waals surface area contributed by atoms with Crippen molar-refractivity contribution in [1.82, 2.24) is 10.2 Å². The Hall–Kier alpha value is -1.65. The van der Waals surface area contributed by atoms with Crippen molar-refractivity contribution in [1.29, 1.82) is 0 Å². The molecule has 0 radical (unpaired) electrons. The van der Waals surface area contributed by atoms with Crippen molar-refractivity contribution >= 4 is 17.7 Å². The number of hydrogen-bond donors (Lipinski definition) is 1. The van der Waals surface area contributed by atoms with Gasteiger partial charge >= 0.3 is 0 Å². The van der Waals surface area contributed by atoms with Crippen molar-refractivity contribution in [2.24, 2.45) is 35.5 Å². The molecule has 6 rings (SSSR count). The number of nitrogens with zero attached hydrogens (tertiary/aromatic N) is 1. The van der Waals surface area contributed by atoms with Gasteiger partial charge in [-0.3, -0.25) is 19.3 Å². The number of rotatable bonds is 3. The van der Waals surface area contributed by atoms with E-state index in [0.717, 1.165) is 32.1 Å². The summed E-state index contributed by atoms with van der Waals surface area (Å²) in [6, 6.07) is 0.204. The molecule has 0 spiro atoms. The van der Waals surface area contributed by atoms with Gasteiger partial charge in [-0.25, -0.2) is 0 Å². The number of likely N-dealkylation sites (tertiary alicyclic amines) is 1. The summed E-state index contributed by atoms with van der Waals surface area (Å²) < 4.78 is 0. The summed E-state index contributed by atoms with van der Waals surface area (Å²) in [5, 5.41) is 3.06. The van der Waals surface area contributed by atoms with Crippen LogP contribution in [0.25, 0.3) is 0 Å². The average Bonchev–Trinajstić information content (AvgIpc) is 3.40. The van der Waals surface area contributed by atoms with Crippen LogP contribution in [0.5, 0.6) is 0 Å². The highest BCUT2D eigenvalue weighted by molar-refractivity contribution is 6.08. The Morgan fingerprint density at radius 3 is 2.08 bits per heavy atom. The van der Waals surface area contributed by atoms with Crippen LogP contribution in [0.3, 0.4) is 0 Å². The third-order valence-electron chi connectivity index (χ3n) is 7.28. The molecule has 25 heavy (non-hydrogen) atoms. The van der Waals surface area contributed by atoms with Gasteiger partial charge in [0.05, 0.1) is 11.8 Å². The fourth-order valence-electron chi connectivity index (χ4n) is 6.02. The molecule has 3 amide bonds. The van der Waals surface area contributed by atoms with Crippen molar-refractivity contribution in [2.75, 3.05) is 6.54 Å². The minimum atomic E-state index is -0.197. The zero-order valence-electron chi connectivity index (χ0n) is 14.5. The van der Waals surface area contributed by atoms with Gasteiger partial charge in [-0.05, 0) is 42.9 Å². The van der Waals surface area contributed by atoms with Crippen LogP contribution in [0.2, 0.25) is 0 Å². The van der Waals surface area contributed by atoms with Crippen molar-refractivity contribution in [3.05, 3.63) is 12.2 Å². The molecule has 0 aromatic carbocycles. The lowest BCUT2D eigenvalue weighted by molar-refractivity contribution is -0.144. The molecule has 3 saturated carbocycles. The molecule has 6 aliphatic rings. The van der Waals surface area contributed by atoms with Crippen molar-refractivity contribution in [3.8, 4) is 0 Å². The molecule has 2 bridgehead atoms. The number of allylic oxidation sites excluding steroid dienone is 2. The fourth-order valence-corrected chi connectivity index (χ4v) is 6.02. The summed E-state index contributed by atoms with van der Waals surface area (Å²) in [6.07, 6.45) is 12.3. The topological polar surface area (TPSA) is 66.5 Å². The van der Waals surface area contributed by atoms with Crippen LogP contribution < -0.4 is 5.32 Å². The lowest BCUT2D eigenvalue weighted by Crippen LogP contribution is -2.44. The Morgan fingerprint density at radius 1 is 0.960 bits per heavy atom. The Morgan fingerprint density at radius 2 is 1.52 bits per heavy atom. The minimum absolute atomic E-state index is 0.0874. The molecule has 134 valence electrons. The largest absolute Gasteiger partial charge is 0.352 e. The van der Waals surface area contributed by atoms with Gasteiger partial charge in [-0.15, -0.1) is 0 Å². The van der Waals surface area contributed by atoms with E-state index in [1.165, 1.54) is 17.7 Å². The normalized spacial score (nSPS) is 42.2. The van der Waals surface area contributed by atoms with Crippen LogP contribution in [-0.4, -0.2) is 35.2 Å². The van der Waals surface area contributed by atoms with Crippen LogP contribution in [0.4, 0.5) is 0 Å². The predicted molar refractivity (Wildman–Crippen MR) is 91.0 cm³/mol. The third kappa shape index (κ3) is 2.38. The zero-order valence-corrected chi connectivity index (χ0v) is 14.5. The molecule has 0 aromatic rings. The molecule has 5 aliphatic carbocycles. The van der Waals surface area contributed by atoms with Crippen LogP contribution in [0, 0.1) is 35.5 Å². The van der Waals surface area contributed by atoms with Gasteiger partial charge in [0.2, 0.25) is 17.7 Å². The number of amides is 3. The lowest BCUT2D eigenvalue weighted by atomic mass is 9.63. The maximum absolute atomic E-state index is 12.9. The summed E-state index contributed by atoms with van der Waals surface area (Å²) in [7, 11) is 0. The lowest BCUT2D eigenvalue weighted by Gasteiger charge is -2.37. The average molecular weight is 342 g/mol. The standard InChI is InChI=1S/C20H26N2O3/c23-16(21-11-5-3-1-2-4-6-11)10-22-19(24)17-12-7-8-13(15-9-14(12)15)18(17)20(22)25/h7-8,11-15,17-18H,1-6,9-10H2,(H,21,23)/t12-,13+,14-,15-,17+,18+/m1/s1. The maximum atomic E-state index is 12.9. The number of imide groups is 1. The first kappa shape index (κ1) is 15.6. The van der Waals surface area contributed by atoms with E-state index >= 15 is 0 Å². The number of hydrogen-bond acceptors (Lipinski definition) is 3. The van der Waals surface area contributed by atoms with Crippen LogP contribution >= 0.6 is 0 Å². The highest BCUT2D eigenvalue weighted by atomic mass is 16.2. The van der Waals surface area contributed by atoms with Crippen molar-refractivity contribution in [2.45, 2.75) is 51.0 Å². The quantitative estimate of drug-likeness (QED) is 0.484. The van der Waals surface area contributed by atoms with E-state index in [2.05, 4.69) is 17.5 Å². The van der Waals surface area contributed by atoms with E-state index in [1.807, 2.05) is 0 Å². The van der Waals surface area contributed by atoms with E-state index in [-0.39, 0.29) is 54.0 Å². The molecule has 5 nitrogen and oxygen atoms in total. The van der Waals surface area contributed by atoms with Crippen LogP contribution in [-0.2, 0) is 14.4 Å². The second-order valence-corrected chi connectivity index (χ2v) is 8.67. The van der Waals surface area contributed by atoms with Crippen molar-refractivity contribution < 1.29 is 14.4 Å². The van der Waals surface area contributed by atoms with E-state index in [1.54, 1.807) is 0 Å². The molecule has 1 N–H and O–H groups in total. The van der Waals surface area contributed by atoms with E-state index < -0.39 is 0 Å². The first-order chi connectivity index (χ1) is 12.1. The Labute approximate surface area is 148 Å². The number of carbonyl (C=O) groups excluding carboxylic acids is 3. The first-order valence-electron chi connectivity index (χ1n) is 9.98. The second-order valence-electron chi connectivity index (χ2n) is 8.67. The molecule has 0 unspecified atom stereocenters. The highest BCUT2D eigenvalue weighted by Gasteiger charge is 2.67. The second kappa shape index (κ2) is 5.68. The molecule has 1 heterocycles. The van der Waals surface area contributed by atoms with Gasteiger partial charge in [0.25, 0.3) is 0 Å². The Kier molecular flexibility index (Phi) is 3.54. The van der Waals surface area contributed by atoms with E-state index in [9.17, 15) is 14.4 Å². The number of carbonyl (C=O) groups is 3. The predicted octanol–water partition coefficient (Wildman–Crippen LogP) is 1.88. The van der Waals surface area contributed by atoms with Gasteiger partial charge in [-0.2, -0.15) is 0 Å².